The number of ether oxygens (including phenoxy) is 3. The van der Waals surface area contributed by atoms with Gasteiger partial charge in [0, 0.05) is 51.5 Å². The lowest BCUT2D eigenvalue weighted by atomic mass is 10.1. The van der Waals surface area contributed by atoms with E-state index >= 15 is 0 Å². The van der Waals surface area contributed by atoms with Crippen LogP contribution < -0.4 is 11.2 Å². The predicted molar refractivity (Wildman–Crippen MR) is 148 cm³/mol. The molecule has 0 bridgehead atoms. The maximum atomic E-state index is 12.8. The number of hydrogen-bond acceptors (Lipinski definition) is 12. The van der Waals surface area contributed by atoms with E-state index in [2.05, 4.69) is 11.1 Å². The highest BCUT2D eigenvalue weighted by atomic mass is 31.2. The Morgan fingerprint density at radius 2 is 1.82 bits per heavy atom. The van der Waals surface area contributed by atoms with Crippen molar-refractivity contribution in [3.8, 4) is 6.07 Å². The topological polar surface area (TPSA) is 164 Å². The first-order valence-corrected chi connectivity index (χ1v) is 15.5. The summed E-state index contributed by atoms with van der Waals surface area (Å²) in [5.74, 6) is 1.25. The fourth-order valence-electron chi connectivity index (χ4n) is 4.02. The van der Waals surface area contributed by atoms with Gasteiger partial charge in [-0.25, -0.2) is 9.46 Å². The van der Waals surface area contributed by atoms with Gasteiger partial charge in [0.15, 0.2) is 6.23 Å². The second-order valence-corrected chi connectivity index (χ2v) is 12.7. The lowest BCUT2D eigenvalue weighted by Crippen LogP contribution is -2.41. The van der Waals surface area contributed by atoms with E-state index in [0.717, 1.165) is 0 Å². The van der Waals surface area contributed by atoms with Gasteiger partial charge in [0.1, 0.15) is 18.3 Å². The van der Waals surface area contributed by atoms with Crippen molar-refractivity contribution in [2.75, 3.05) is 41.2 Å². The molecule has 1 aromatic heterocycles. The average Bonchev–Trinajstić information content (AvgIpc) is 3.23. The van der Waals surface area contributed by atoms with Gasteiger partial charge >= 0.3 is 13.3 Å². The number of nitriles is 1. The molecule has 0 saturated carbocycles. The van der Waals surface area contributed by atoms with E-state index in [1.54, 1.807) is 0 Å². The molecule has 2 rings (SSSR count). The minimum absolute atomic E-state index is 0.0113. The molecule has 226 valence electrons. The van der Waals surface area contributed by atoms with Crippen LogP contribution in [0, 0.1) is 11.3 Å². The predicted octanol–water partition coefficient (Wildman–Crippen LogP) is 3.13. The molecule has 16 heteroatoms. The summed E-state index contributed by atoms with van der Waals surface area (Å²) in [7, 11) is -1.32. The number of H-pyrrole nitrogens is 1. The zero-order chi connectivity index (χ0) is 29.9. The van der Waals surface area contributed by atoms with Crippen molar-refractivity contribution >= 4 is 16.1 Å². The zero-order valence-electron chi connectivity index (χ0n) is 23.9. The van der Waals surface area contributed by atoms with Crippen LogP contribution in [0.1, 0.15) is 40.3 Å². The first kappa shape index (κ1) is 34.5. The highest BCUT2D eigenvalue weighted by Gasteiger charge is 2.49. The van der Waals surface area contributed by atoms with Crippen molar-refractivity contribution in [3.63, 3.8) is 0 Å². The van der Waals surface area contributed by atoms with Crippen molar-refractivity contribution in [2.24, 2.45) is 0 Å². The summed E-state index contributed by atoms with van der Waals surface area (Å²) in [4.78, 5) is 26.7. The Labute approximate surface area is 235 Å². The molecule has 0 spiro atoms. The Morgan fingerprint density at radius 3 is 2.38 bits per heavy atom. The first-order chi connectivity index (χ1) is 19.0. The van der Waals surface area contributed by atoms with Gasteiger partial charge in [-0.15, -0.1) is 0 Å². The highest BCUT2D eigenvalue weighted by Crippen LogP contribution is 2.52. The maximum Gasteiger partial charge on any atom is 0.353 e. The third-order valence-electron chi connectivity index (χ3n) is 5.79. The van der Waals surface area contributed by atoms with Crippen molar-refractivity contribution < 1.29 is 36.9 Å². The molecule has 1 aliphatic heterocycles. The molecule has 1 saturated heterocycles. The summed E-state index contributed by atoms with van der Waals surface area (Å²) in [5.41, 5.74) is -1.28. The van der Waals surface area contributed by atoms with Gasteiger partial charge in [0.25, 0.3) is 14.1 Å². The summed E-state index contributed by atoms with van der Waals surface area (Å²) < 4.78 is 56.3. The lowest BCUT2D eigenvalue weighted by molar-refractivity contribution is -0.0766. The maximum absolute atomic E-state index is 12.8. The average molecular weight is 607 g/mol. The van der Waals surface area contributed by atoms with Gasteiger partial charge in [0.05, 0.1) is 32.3 Å². The van der Waals surface area contributed by atoms with Gasteiger partial charge in [-0.3, -0.25) is 18.9 Å². The van der Waals surface area contributed by atoms with Crippen molar-refractivity contribution in [1.82, 2.24) is 14.2 Å². The van der Waals surface area contributed by atoms with E-state index in [1.807, 2.05) is 32.4 Å². The number of nitrogens with zero attached hydrogens (tertiary/aromatic N) is 3. The number of methoxy groups -OCH3 is 1. The van der Waals surface area contributed by atoms with Crippen LogP contribution in [0.5, 0.6) is 0 Å². The van der Waals surface area contributed by atoms with E-state index in [4.69, 9.17) is 37.6 Å². The van der Waals surface area contributed by atoms with Gasteiger partial charge in [-0.2, -0.15) is 5.26 Å². The van der Waals surface area contributed by atoms with Gasteiger partial charge in [-0.05, 0) is 33.8 Å². The quantitative estimate of drug-likeness (QED) is 0.204. The SMILES string of the molecule is COCCO[C@@H]1[C@H](OP(OCCC#N)N(C(C)C)C(C)C)[C@@H](/C=C/P(=O)(OC)OC)O[C@H]1n1ccc(=O)[nH]c1=O. The van der Waals surface area contributed by atoms with Gasteiger partial charge in [-0.1, -0.05) is 0 Å². The number of rotatable bonds is 17. The standard InChI is InChI=1S/C24H40N4O10P2/c1-17(2)28(18(3)4)39(36-13-8-11-25)38-21-19(10-16-40(31,33-6)34-7)37-23(22(21)35-15-14-32-5)27-12-9-20(29)26-24(27)30/h9-10,12,16-19,21-23H,8,13-15H2,1-7H3,(H,26,29,30)/b16-10+/t19-,21-,22-,23-,39?/m1/s1. The van der Waals surface area contributed by atoms with Crippen LogP contribution >= 0.6 is 16.1 Å². The van der Waals surface area contributed by atoms with Crippen LogP contribution in [-0.2, 0) is 36.9 Å². The van der Waals surface area contributed by atoms with Crippen LogP contribution in [0.15, 0.2) is 33.7 Å². The molecule has 2 heterocycles. The summed E-state index contributed by atoms with van der Waals surface area (Å²) in [6, 6.07) is 3.28. The Bertz CT molecular complexity index is 1140. The van der Waals surface area contributed by atoms with Crippen LogP contribution in [-0.4, -0.2) is 85.8 Å². The number of aromatic nitrogens is 2. The van der Waals surface area contributed by atoms with Gasteiger partial charge < -0.3 is 32.3 Å². The van der Waals surface area contributed by atoms with Crippen LogP contribution in [0.3, 0.4) is 0 Å². The Balaban J connectivity index is 2.61. The van der Waals surface area contributed by atoms with Crippen molar-refractivity contribution in [3.05, 3.63) is 45.0 Å². The Hall–Kier alpha value is -1.75. The molecule has 0 aliphatic carbocycles. The van der Waals surface area contributed by atoms with E-state index in [0.29, 0.717) is 0 Å². The summed E-state index contributed by atoms with van der Waals surface area (Å²) in [5, 5.41) is 9.08. The van der Waals surface area contributed by atoms with E-state index in [9.17, 15) is 14.2 Å². The minimum atomic E-state index is -3.59. The van der Waals surface area contributed by atoms with Crippen molar-refractivity contribution in [2.45, 2.75) is 70.7 Å². The van der Waals surface area contributed by atoms with Crippen LogP contribution in [0.2, 0.25) is 0 Å². The van der Waals surface area contributed by atoms with Crippen LogP contribution in [0.4, 0.5) is 0 Å². The third kappa shape index (κ3) is 9.39. The normalized spacial score (nSPS) is 22.5. The molecule has 1 fully saturated rings. The number of aromatic amines is 1. The fraction of sp³-hybridized carbons (Fsp3) is 0.708. The molecule has 5 atom stereocenters. The number of hydrogen-bond donors (Lipinski definition) is 1. The lowest BCUT2D eigenvalue weighted by Gasteiger charge is -2.38. The zero-order valence-corrected chi connectivity index (χ0v) is 25.7. The second-order valence-electron chi connectivity index (χ2n) is 9.20. The Kier molecular flexibility index (Phi) is 14.3. The minimum Gasteiger partial charge on any atom is -0.382 e. The molecule has 0 aromatic carbocycles. The molecule has 14 nitrogen and oxygen atoms in total. The highest BCUT2D eigenvalue weighted by molar-refractivity contribution is 7.57. The van der Waals surface area contributed by atoms with Crippen LogP contribution in [0.25, 0.3) is 0 Å². The monoisotopic (exact) mass is 606 g/mol. The molecule has 1 aliphatic rings. The number of nitrogens with one attached hydrogen (secondary N) is 1. The molecule has 1 N–H and O–H groups in total. The smallest absolute Gasteiger partial charge is 0.353 e. The summed E-state index contributed by atoms with van der Waals surface area (Å²) >= 11 is 0. The van der Waals surface area contributed by atoms with E-state index < -0.39 is 51.9 Å². The van der Waals surface area contributed by atoms with E-state index in [1.165, 1.54) is 50.1 Å². The first-order valence-electron chi connectivity index (χ1n) is 12.7. The van der Waals surface area contributed by atoms with E-state index in [-0.39, 0.29) is 38.3 Å². The molecule has 1 unspecified atom stereocenters. The second kappa shape index (κ2) is 16.6. The fourth-order valence-corrected chi connectivity index (χ4v) is 6.55. The molecule has 40 heavy (non-hydrogen) atoms. The molecular formula is C24H40N4O10P2. The van der Waals surface area contributed by atoms with Gasteiger partial charge in [0.2, 0.25) is 0 Å². The third-order valence-corrected chi connectivity index (χ3v) is 9.47. The molecule has 0 amide bonds. The summed E-state index contributed by atoms with van der Waals surface area (Å²) in [6.45, 7) is 8.50. The molecular weight excluding hydrogens is 566 g/mol. The molecule has 0 radical (unpaired) electrons. The molecule has 1 aromatic rings. The largest absolute Gasteiger partial charge is 0.382 e. The Morgan fingerprint density at radius 1 is 1.15 bits per heavy atom. The van der Waals surface area contributed by atoms with Crippen molar-refractivity contribution in [1.29, 1.82) is 5.26 Å². The summed E-state index contributed by atoms with van der Waals surface area (Å²) in [6.07, 6.45) is -0.827.